The maximum atomic E-state index is 13.1. The highest BCUT2D eigenvalue weighted by Crippen LogP contribution is 2.23. The van der Waals surface area contributed by atoms with Crippen LogP contribution in [-0.4, -0.2) is 33.4 Å². The van der Waals surface area contributed by atoms with E-state index in [1.54, 1.807) is 11.8 Å². The Balaban J connectivity index is 1.50. The van der Waals surface area contributed by atoms with Crippen molar-refractivity contribution in [3.63, 3.8) is 0 Å². The van der Waals surface area contributed by atoms with E-state index in [-0.39, 0.29) is 11.5 Å². The Morgan fingerprint density at radius 2 is 1.75 bits per heavy atom. The number of aromatic nitrogens is 2. The van der Waals surface area contributed by atoms with Crippen LogP contribution < -0.4 is 5.56 Å². The van der Waals surface area contributed by atoms with Crippen LogP contribution in [-0.2, 0) is 12.3 Å². The van der Waals surface area contributed by atoms with Crippen LogP contribution in [0.15, 0.2) is 58.5 Å². The fourth-order valence-electron chi connectivity index (χ4n) is 4.15. The molecule has 0 aliphatic carbocycles. The number of amides is 1. The molecule has 3 aromatic rings. The van der Waals surface area contributed by atoms with Crippen molar-refractivity contribution in [2.24, 2.45) is 0 Å². The van der Waals surface area contributed by atoms with Crippen LogP contribution in [0.25, 0.3) is 10.9 Å². The van der Waals surface area contributed by atoms with Crippen LogP contribution in [0.2, 0.25) is 0 Å². The molecule has 0 N–H and O–H groups in total. The predicted molar refractivity (Wildman–Crippen MR) is 131 cm³/mol. The van der Waals surface area contributed by atoms with Gasteiger partial charge in [-0.2, -0.15) is 0 Å². The fraction of sp³-hybridized carbons (Fsp3) is 0.423. The second-order valence-corrected chi connectivity index (χ2v) is 9.36. The summed E-state index contributed by atoms with van der Waals surface area (Å²) in [6.45, 7) is 4.61. The normalized spacial score (nSPS) is 13.7. The molecule has 32 heavy (non-hydrogen) atoms. The van der Waals surface area contributed by atoms with E-state index in [0.29, 0.717) is 17.7 Å². The average molecular weight is 450 g/mol. The molecule has 0 radical (unpaired) electrons. The lowest BCUT2D eigenvalue weighted by Crippen LogP contribution is -2.27. The van der Waals surface area contributed by atoms with Gasteiger partial charge in [-0.05, 0) is 49.1 Å². The van der Waals surface area contributed by atoms with Crippen molar-refractivity contribution in [3.05, 3.63) is 70.0 Å². The molecule has 2 aromatic carbocycles. The first kappa shape index (κ1) is 22.6. The number of hydrogen-bond acceptors (Lipinski definition) is 4. The molecule has 1 aliphatic heterocycles. The molecule has 0 unspecified atom stereocenters. The molecule has 0 saturated carbocycles. The Kier molecular flexibility index (Phi) is 7.63. The molecule has 5 nitrogen and oxygen atoms in total. The van der Waals surface area contributed by atoms with E-state index in [1.807, 2.05) is 58.0 Å². The molecule has 4 rings (SSSR count). The quantitative estimate of drug-likeness (QED) is 0.246. The average Bonchev–Trinajstić information content (AvgIpc) is 3.37. The van der Waals surface area contributed by atoms with Gasteiger partial charge >= 0.3 is 0 Å². The highest BCUT2D eigenvalue weighted by Gasteiger charge is 2.19. The molecule has 1 saturated heterocycles. The lowest BCUT2D eigenvalue weighted by Gasteiger charge is -2.15. The van der Waals surface area contributed by atoms with E-state index in [4.69, 9.17) is 4.98 Å². The van der Waals surface area contributed by atoms with Gasteiger partial charge in [0.25, 0.3) is 11.5 Å². The summed E-state index contributed by atoms with van der Waals surface area (Å²) in [4.78, 5) is 32.4. The Labute approximate surface area is 193 Å². The molecule has 0 bridgehead atoms. The van der Waals surface area contributed by atoms with E-state index >= 15 is 0 Å². The number of unbranched alkanes of at least 4 members (excludes halogenated alkanes) is 3. The number of thioether (sulfide) groups is 1. The van der Waals surface area contributed by atoms with Gasteiger partial charge < -0.3 is 4.90 Å². The minimum atomic E-state index is 0.0427. The van der Waals surface area contributed by atoms with Crippen LogP contribution in [0.4, 0.5) is 0 Å². The first-order valence-electron chi connectivity index (χ1n) is 11.7. The van der Waals surface area contributed by atoms with Gasteiger partial charge in [-0.25, -0.2) is 4.98 Å². The zero-order valence-corrected chi connectivity index (χ0v) is 19.6. The van der Waals surface area contributed by atoms with Gasteiger partial charge in [-0.15, -0.1) is 0 Å². The Morgan fingerprint density at radius 1 is 1.00 bits per heavy atom. The van der Waals surface area contributed by atoms with Crippen molar-refractivity contribution in [1.82, 2.24) is 14.5 Å². The monoisotopic (exact) mass is 449 g/mol. The number of para-hydroxylation sites is 1. The van der Waals surface area contributed by atoms with Crippen molar-refractivity contribution in [2.75, 3.05) is 13.1 Å². The Hall–Kier alpha value is -2.60. The highest BCUT2D eigenvalue weighted by molar-refractivity contribution is 7.98. The minimum Gasteiger partial charge on any atom is -0.339 e. The van der Waals surface area contributed by atoms with E-state index < -0.39 is 0 Å². The largest absolute Gasteiger partial charge is 0.339 e. The Bertz CT molecular complexity index is 1120. The van der Waals surface area contributed by atoms with Crippen molar-refractivity contribution in [1.29, 1.82) is 0 Å². The Morgan fingerprint density at radius 3 is 2.50 bits per heavy atom. The fourth-order valence-corrected chi connectivity index (χ4v) is 5.13. The molecule has 1 aromatic heterocycles. The molecule has 0 spiro atoms. The number of carbonyl (C=O) groups excluding carboxylic acids is 1. The van der Waals surface area contributed by atoms with Gasteiger partial charge in [0, 0.05) is 31.0 Å². The second-order valence-electron chi connectivity index (χ2n) is 8.41. The topological polar surface area (TPSA) is 55.2 Å². The van der Waals surface area contributed by atoms with E-state index in [2.05, 4.69) is 6.92 Å². The van der Waals surface area contributed by atoms with E-state index in [0.717, 1.165) is 60.6 Å². The summed E-state index contributed by atoms with van der Waals surface area (Å²) in [5.74, 6) is 0.830. The third-order valence-electron chi connectivity index (χ3n) is 6.02. The van der Waals surface area contributed by atoms with Crippen LogP contribution in [0, 0.1) is 0 Å². The number of nitrogens with zero attached hydrogens (tertiary/aromatic N) is 3. The van der Waals surface area contributed by atoms with Gasteiger partial charge in [-0.1, -0.05) is 62.2 Å². The number of hydrogen-bond donors (Lipinski definition) is 0. The van der Waals surface area contributed by atoms with E-state index in [9.17, 15) is 9.59 Å². The number of fused-ring (bicyclic) bond motifs is 1. The van der Waals surface area contributed by atoms with E-state index in [1.165, 1.54) is 12.8 Å². The van der Waals surface area contributed by atoms with Gasteiger partial charge in [0.05, 0.1) is 10.9 Å². The molecule has 1 amide bonds. The number of likely N-dealkylation sites (tertiary alicyclic amines) is 1. The first-order chi connectivity index (χ1) is 15.7. The zero-order chi connectivity index (χ0) is 22.3. The van der Waals surface area contributed by atoms with Gasteiger partial charge in [0.15, 0.2) is 5.16 Å². The molecule has 0 atom stereocenters. The lowest BCUT2D eigenvalue weighted by atomic mass is 10.1. The van der Waals surface area contributed by atoms with Crippen molar-refractivity contribution >= 4 is 28.6 Å². The maximum Gasteiger partial charge on any atom is 0.262 e. The highest BCUT2D eigenvalue weighted by atomic mass is 32.2. The number of rotatable bonds is 9. The standard InChI is InChI=1S/C26H31N3O2S/c1-2-3-4-7-18-29-25(31)22-10-5-6-11-23(22)27-26(29)32-19-20-12-14-21(15-13-20)24(30)28-16-8-9-17-28/h5-6,10-15H,2-4,7-9,16-19H2,1H3. The summed E-state index contributed by atoms with van der Waals surface area (Å²) in [6.07, 6.45) is 6.64. The predicted octanol–water partition coefficient (Wildman–Crippen LogP) is 5.51. The van der Waals surface area contributed by atoms with Crippen LogP contribution in [0.3, 0.4) is 0 Å². The van der Waals surface area contributed by atoms with Crippen molar-refractivity contribution in [2.45, 2.75) is 62.9 Å². The van der Waals surface area contributed by atoms with Gasteiger partial charge in [-0.3, -0.25) is 14.2 Å². The summed E-state index contributed by atoms with van der Waals surface area (Å²) in [5, 5.41) is 1.44. The summed E-state index contributed by atoms with van der Waals surface area (Å²) in [5.41, 5.74) is 2.66. The lowest BCUT2D eigenvalue weighted by molar-refractivity contribution is 0.0793. The summed E-state index contributed by atoms with van der Waals surface area (Å²) < 4.78 is 1.84. The summed E-state index contributed by atoms with van der Waals surface area (Å²) >= 11 is 1.59. The molecular formula is C26H31N3O2S. The first-order valence-corrected chi connectivity index (χ1v) is 12.7. The van der Waals surface area contributed by atoms with Gasteiger partial charge in [0.2, 0.25) is 0 Å². The molecule has 2 heterocycles. The van der Waals surface area contributed by atoms with Crippen molar-refractivity contribution < 1.29 is 4.79 Å². The SMILES string of the molecule is CCCCCCn1c(SCc2ccc(C(=O)N3CCCC3)cc2)nc2ccccc2c1=O. The summed E-state index contributed by atoms with van der Waals surface area (Å²) in [7, 11) is 0. The molecule has 1 fully saturated rings. The minimum absolute atomic E-state index is 0.0427. The molecular weight excluding hydrogens is 418 g/mol. The van der Waals surface area contributed by atoms with Crippen LogP contribution in [0.5, 0.6) is 0 Å². The second kappa shape index (κ2) is 10.8. The van der Waals surface area contributed by atoms with Crippen molar-refractivity contribution in [3.8, 4) is 0 Å². The number of benzene rings is 2. The van der Waals surface area contributed by atoms with Crippen LogP contribution in [0.1, 0.15) is 61.4 Å². The third kappa shape index (κ3) is 5.23. The van der Waals surface area contributed by atoms with Gasteiger partial charge in [0.1, 0.15) is 0 Å². The maximum absolute atomic E-state index is 13.1. The number of carbonyl (C=O) groups is 1. The zero-order valence-electron chi connectivity index (χ0n) is 18.8. The summed E-state index contributed by atoms with van der Waals surface area (Å²) in [6, 6.07) is 15.4. The third-order valence-corrected chi connectivity index (χ3v) is 7.07. The molecule has 168 valence electrons. The molecule has 1 aliphatic rings. The molecule has 6 heteroatoms. The smallest absolute Gasteiger partial charge is 0.262 e. The van der Waals surface area contributed by atoms with Crippen LogP contribution >= 0.6 is 11.8 Å².